The van der Waals surface area contributed by atoms with Crippen molar-refractivity contribution in [1.29, 1.82) is 0 Å². The van der Waals surface area contributed by atoms with Gasteiger partial charge < -0.3 is 19.5 Å². The summed E-state index contributed by atoms with van der Waals surface area (Å²) in [5, 5.41) is 2.85. The van der Waals surface area contributed by atoms with Gasteiger partial charge in [-0.3, -0.25) is 14.2 Å². The van der Waals surface area contributed by atoms with E-state index in [1.54, 1.807) is 35.8 Å². The number of nitrogens with zero attached hydrogens (tertiary/aromatic N) is 2. The third-order valence-corrected chi connectivity index (χ3v) is 8.24. The molecule has 0 saturated heterocycles. The summed E-state index contributed by atoms with van der Waals surface area (Å²) in [7, 11) is 1.32. The lowest BCUT2D eigenvalue weighted by atomic mass is 9.96. The van der Waals surface area contributed by atoms with E-state index < -0.39 is 12.0 Å². The number of aryl methyl sites for hydroxylation is 2. The molecule has 2 heterocycles. The zero-order valence-corrected chi connectivity index (χ0v) is 26.0. The van der Waals surface area contributed by atoms with Gasteiger partial charge in [-0.25, -0.2) is 9.79 Å². The van der Waals surface area contributed by atoms with Gasteiger partial charge in [0.1, 0.15) is 0 Å². The lowest BCUT2D eigenvalue weighted by Crippen LogP contribution is -2.39. The Hall–Kier alpha value is -4.96. The highest BCUT2D eigenvalue weighted by atomic mass is 32.1. The molecule has 10 heteroatoms. The van der Waals surface area contributed by atoms with Crippen molar-refractivity contribution in [2.45, 2.75) is 33.7 Å². The fourth-order valence-corrected chi connectivity index (χ4v) is 6.00. The molecule has 4 aromatic rings. The quantitative estimate of drug-likeness (QED) is 0.281. The maximum Gasteiger partial charge on any atom is 0.338 e. The average molecular weight is 612 g/mol. The van der Waals surface area contributed by atoms with Crippen molar-refractivity contribution in [3.8, 4) is 11.5 Å². The topological polar surface area (TPSA) is 108 Å². The molecule has 1 N–H and O–H groups in total. The number of carbonyl (C=O) groups excluding carboxylic acids is 2. The second-order valence-corrected chi connectivity index (χ2v) is 11.3. The largest absolute Gasteiger partial charge is 0.490 e. The fourth-order valence-electron chi connectivity index (χ4n) is 4.96. The van der Waals surface area contributed by atoms with Crippen LogP contribution in [0.25, 0.3) is 6.08 Å². The van der Waals surface area contributed by atoms with Crippen molar-refractivity contribution in [3.63, 3.8) is 0 Å². The minimum atomic E-state index is -0.674. The highest BCUT2D eigenvalue weighted by Crippen LogP contribution is 2.31. The normalized spacial score (nSPS) is 14.5. The summed E-state index contributed by atoms with van der Waals surface area (Å²) in [6, 6.07) is 19.7. The number of aromatic nitrogens is 1. The van der Waals surface area contributed by atoms with Crippen molar-refractivity contribution in [2.75, 3.05) is 25.6 Å². The summed E-state index contributed by atoms with van der Waals surface area (Å²) in [6.07, 6.45) is 1.75. The van der Waals surface area contributed by atoms with Crippen molar-refractivity contribution in [3.05, 3.63) is 120 Å². The van der Waals surface area contributed by atoms with Crippen LogP contribution in [0.1, 0.15) is 42.1 Å². The van der Waals surface area contributed by atoms with Crippen LogP contribution in [0.5, 0.6) is 11.5 Å². The van der Waals surface area contributed by atoms with Gasteiger partial charge in [0.15, 0.2) is 22.9 Å². The minimum Gasteiger partial charge on any atom is -0.490 e. The average Bonchev–Trinajstić information content (AvgIpc) is 3.31. The zero-order chi connectivity index (χ0) is 31.4. The number of anilines is 1. The van der Waals surface area contributed by atoms with Crippen molar-refractivity contribution in [2.24, 2.45) is 4.99 Å². The molecule has 5 rings (SSSR count). The van der Waals surface area contributed by atoms with Crippen LogP contribution in [0.15, 0.2) is 87.8 Å². The number of allylic oxidation sites excluding steroid dienone is 1. The molecule has 0 radical (unpaired) electrons. The second kappa shape index (κ2) is 13.1. The molecular weight excluding hydrogens is 578 g/mol. The first-order valence-corrected chi connectivity index (χ1v) is 14.9. The number of esters is 1. The summed E-state index contributed by atoms with van der Waals surface area (Å²) in [6.45, 7) is 7.78. The minimum absolute atomic E-state index is 0.202. The second-order valence-electron chi connectivity index (χ2n) is 10.3. The Bertz CT molecular complexity index is 1940. The van der Waals surface area contributed by atoms with E-state index in [1.807, 2.05) is 69.3 Å². The predicted octanol–water partition coefficient (Wildman–Crippen LogP) is 4.44. The van der Waals surface area contributed by atoms with Gasteiger partial charge in [0.25, 0.3) is 11.5 Å². The number of methoxy groups -OCH3 is 1. The van der Waals surface area contributed by atoms with Crippen LogP contribution in [-0.2, 0) is 14.3 Å². The van der Waals surface area contributed by atoms with Crippen molar-refractivity contribution >= 4 is 35.0 Å². The van der Waals surface area contributed by atoms with E-state index in [4.69, 9.17) is 14.2 Å². The Balaban J connectivity index is 1.44. The summed E-state index contributed by atoms with van der Waals surface area (Å²) < 4.78 is 18.7. The molecule has 1 amide bonds. The van der Waals surface area contributed by atoms with Gasteiger partial charge in [0.05, 0.1) is 35.6 Å². The number of amides is 1. The molecule has 0 spiro atoms. The highest BCUT2D eigenvalue weighted by Gasteiger charge is 2.32. The van der Waals surface area contributed by atoms with Crippen LogP contribution in [0.3, 0.4) is 0 Å². The zero-order valence-electron chi connectivity index (χ0n) is 25.2. The van der Waals surface area contributed by atoms with Crippen LogP contribution in [0.4, 0.5) is 5.69 Å². The van der Waals surface area contributed by atoms with Crippen LogP contribution < -0.4 is 29.7 Å². The molecule has 1 unspecified atom stereocenters. The molecule has 44 heavy (non-hydrogen) atoms. The van der Waals surface area contributed by atoms with Gasteiger partial charge in [-0.15, -0.1) is 0 Å². The van der Waals surface area contributed by atoms with Crippen LogP contribution in [0, 0.1) is 13.8 Å². The number of hydrogen-bond acceptors (Lipinski definition) is 8. The number of benzene rings is 3. The highest BCUT2D eigenvalue weighted by molar-refractivity contribution is 7.07. The number of nitrogens with one attached hydrogen (secondary N) is 1. The summed E-state index contributed by atoms with van der Waals surface area (Å²) in [5.41, 5.74) is 4.94. The van der Waals surface area contributed by atoms with Crippen molar-refractivity contribution in [1.82, 2.24) is 4.57 Å². The van der Waals surface area contributed by atoms with E-state index in [-0.39, 0.29) is 18.1 Å². The van der Waals surface area contributed by atoms with Gasteiger partial charge >= 0.3 is 5.97 Å². The van der Waals surface area contributed by atoms with E-state index in [0.717, 1.165) is 16.7 Å². The van der Waals surface area contributed by atoms with E-state index in [2.05, 4.69) is 10.3 Å². The molecule has 0 saturated carbocycles. The van der Waals surface area contributed by atoms with Crippen LogP contribution in [-0.4, -0.2) is 36.8 Å². The van der Waals surface area contributed by atoms with Gasteiger partial charge in [-0.2, -0.15) is 0 Å². The third-order valence-electron chi connectivity index (χ3n) is 7.26. The molecule has 0 fully saturated rings. The smallest absolute Gasteiger partial charge is 0.338 e. The van der Waals surface area contributed by atoms with Crippen LogP contribution >= 0.6 is 11.3 Å². The molecule has 1 atom stereocenters. The van der Waals surface area contributed by atoms with Gasteiger partial charge in [0.2, 0.25) is 0 Å². The molecule has 1 aliphatic rings. The van der Waals surface area contributed by atoms with E-state index in [1.165, 1.54) is 18.4 Å². The number of fused-ring (bicyclic) bond motifs is 1. The Morgan fingerprint density at radius 1 is 0.977 bits per heavy atom. The predicted molar refractivity (Wildman–Crippen MR) is 170 cm³/mol. The molecule has 1 aliphatic heterocycles. The Morgan fingerprint density at radius 2 is 1.75 bits per heavy atom. The molecule has 226 valence electrons. The molecule has 3 aromatic carbocycles. The number of hydrogen-bond donors (Lipinski definition) is 1. The Kier molecular flexibility index (Phi) is 9.10. The Morgan fingerprint density at radius 3 is 2.45 bits per heavy atom. The first-order chi connectivity index (χ1) is 21.2. The van der Waals surface area contributed by atoms with Crippen molar-refractivity contribution < 1.29 is 23.8 Å². The number of carbonyl (C=O) groups is 2. The SMILES string of the molecule is CCOc1cc(C=c2sc3n(c2=O)C(c2ccccc2)C(C(=O)OC)=C(C)N=3)ccc1OCC(=O)Nc1ccc(C)c(C)c1. The van der Waals surface area contributed by atoms with Crippen LogP contribution in [0.2, 0.25) is 0 Å². The number of rotatable bonds is 9. The van der Waals surface area contributed by atoms with Gasteiger partial charge in [-0.1, -0.05) is 53.8 Å². The first-order valence-electron chi connectivity index (χ1n) is 14.1. The van der Waals surface area contributed by atoms with Gasteiger partial charge in [0, 0.05) is 5.69 Å². The van der Waals surface area contributed by atoms with Gasteiger partial charge in [-0.05, 0) is 80.3 Å². The standard InChI is InChI=1S/C34H33N3O6S/c1-6-42-27-17-23(13-15-26(27)43-19-29(38)36-25-14-12-20(2)21(3)16-25)18-28-32(39)37-31(24-10-8-7-9-11-24)30(33(40)41-5)22(4)35-34(37)44-28/h7-18,31H,6,19H2,1-5H3,(H,36,38). The Labute approximate surface area is 258 Å². The van der Waals surface area contributed by atoms with E-state index >= 15 is 0 Å². The number of ether oxygens (including phenoxy) is 3. The first kappa shape index (κ1) is 30.5. The lowest BCUT2D eigenvalue weighted by molar-refractivity contribution is -0.136. The maximum atomic E-state index is 13.8. The summed E-state index contributed by atoms with van der Waals surface area (Å²) >= 11 is 1.24. The summed E-state index contributed by atoms with van der Waals surface area (Å²) in [4.78, 5) is 44.3. The molecule has 0 aliphatic carbocycles. The molecule has 9 nitrogen and oxygen atoms in total. The van der Waals surface area contributed by atoms with E-state index in [9.17, 15) is 14.4 Å². The fraction of sp³-hybridized carbons (Fsp3) is 0.235. The molecule has 0 bridgehead atoms. The molecular formula is C34H33N3O6S. The summed E-state index contributed by atoms with van der Waals surface area (Å²) in [5.74, 6) is 0.0200. The number of thiazole rings is 1. The molecule has 1 aromatic heterocycles. The monoisotopic (exact) mass is 611 g/mol. The van der Waals surface area contributed by atoms with E-state index in [0.29, 0.717) is 50.0 Å². The maximum absolute atomic E-state index is 13.8. The third kappa shape index (κ3) is 6.35. The lowest BCUT2D eigenvalue weighted by Gasteiger charge is -2.24.